The van der Waals surface area contributed by atoms with Gasteiger partial charge in [-0.05, 0) is 12.1 Å². The number of benzene rings is 1. The summed E-state index contributed by atoms with van der Waals surface area (Å²) < 4.78 is 18.2. The molecule has 0 aliphatic rings. The summed E-state index contributed by atoms with van der Waals surface area (Å²) in [6, 6.07) is 4.34. The van der Waals surface area contributed by atoms with Gasteiger partial charge in [0.1, 0.15) is 0 Å². The fourth-order valence-electron chi connectivity index (χ4n) is 1.50. The predicted octanol–water partition coefficient (Wildman–Crippen LogP) is 1.41. The molecule has 0 aliphatic heterocycles. The highest BCUT2D eigenvalue weighted by molar-refractivity contribution is 5.57. The molecule has 0 unspecified atom stereocenters. The molecule has 2 aromatic rings. The van der Waals surface area contributed by atoms with Gasteiger partial charge in [0.05, 0.1) is 7.11 Å². The van der Waals surface area contributed by atoms with E-state index in [1.54, 1.807) is 25.1 Å². The van der Waals surface area contributed by atoms with Crippen molar-refractivity contribution in [1.82, 2.24) is 15.0 Å². The second-order valence-electron chi connectivity index (χ2n) is 4.19. The first-order chi connectivity index (χ1) is 9.49. The smallest absolute Gasteiger partial charge is 0.233 e. The highest BCUT2D eigenvalue weighted by atomic mass is 19.1. The number of anilines is 4. The Kier molecular flexibility index (Phi) is 3.83. The summed E-state index contributed by atoms with van der Waals surface area (Å²) in [5.74, 6) is 0.483. The van der Waals surface area contributed by atoms with Crippen molar-refractivity contribution < 1.29 is 9.13 Å². The quantitative estimate of drug-likeness (QED) is 0.874. The van der Waals surface area contributed by atoms with Gasteiger partial charge in [-0.1, -0.05) is 0 Å². The average Bonchev–Trinajstić information content (AvgIpc) is 2.40. The van der Waals surface area contributed by atoms with Gasteiger partial charge >= 0.3 is 0 Å². The molecule has 0 spiro atoms. The van der Waals surface area contributed by atoms with E-state index in [-0.39, 0.29) is 17.6 Å². The van der Waals surface area contributed by atoms with Crippen LogP contribution in [0.4, 0.5) is 27.9 Å². The van der Waals surface area contributed by atoms with Crippen LogP contribution in [0, 0.1) is 5.82 Å². The Bertz CT molecular complexity index is 619. The van der Waals surface area contributed by atoms with Crippen molar-refractivity contribution in [3.8, 4) is 5.75 Å². The van der Waals surface area contributed by atoms with E-state index in [0.29, 0.717) is 11.6 Å². The Morgan fingerprint density at radius 2 is 2.00 bits per heavy atom. The molecule has 0 atom stereocenters. The topological polar surface area (TPSA) is 89.2 Å². The van der Waals surface area contributed by atoms with E-state index in [1.807, 2.05) is 0 Å². The lowest BCUT2D eigenvalue weighted by molar-refractivity contribution is 0.387. The Morgan fingerprint density at radius 3 is 2.65 bits per heavy atom. The van der Waals surface area contributed by atoms with Gasteiger partial charge in [0.2, 0.25) is 17.8 Å². The molecule has 0 amide bonds. The minimum atomic E-state index is -0.442. The molecule has 1 aromatic heterocycles. The summed E-state index contributed by atoms with van der Waals surface area (Å²) in [6.45, 7) is 0. The van der Waals surface area contributed by atoms with Gasteiger partial charge in [0, 0.05) is 25.8 Å². The SMILES string of the molecule is COc1cc(Nc2nc(N)nc(N(C)C)n2)ccc1F. The van der Waals surface area contributed by atoms with Crippen LogP contribution in [0.2, 0.25) is 0 Å². The highest BCUT2D eigenvalue weighted by Crippen LogP contribution is 2.23. The third-order valence-corrected chi connectivity index (χ3v) is 2.45. The van der Waals surface area contributed by atoms with Gasteiger partial charge in [-0.25, -0.2) is 4.39 Å². The Hall–Kier alpha value is -2.64. The molecule has 0 bridgehead atoms. The van der Waals surface area contributed by atoms with Gasteiger partial charge in [-0.2, -0.15) is 15.0 Å². The number of hydrogen-bond acceptors (Lipinski definition) is 7. The van der Waals surface area contributed by atoms with E-state index in [4.69, 9.17) is 10.5 Å². The van der Waals surface area contributed by atoms with Crippen molar-refractivity contribution in [3.63, 3.8) is 0 Å². The highest BCUT2D eigenvalue weighted by Gasteiger charge is 2.08. The van der Waals surface area contributed by atoms with Crippen LogP contribution in [0.1, 0.15) is 0 Å². The van der Waals surface area contributed by atoms with Gasteiger partial charge < -0.3 is 20.7 Å². The van der Waals surface area contributed by atoms with Gasteiger partial charge in [-0.15, -0.1) is 0 Å². The zero-order chi connectivity index (χ0) is 14.7. The number of nitrogens with two attached hydrogens (primary N) is 1. The molecular formula is C12H15FN6O. The minimum absolute atomic E-state index is 0.0975. The first-order valence-electron chi connectivity index (χ1n) is 5.79. The maximum Gasteiger partial charge on any atom is 0.233 e. The second-order valence-corrected chi connectivity index (χ2v) is 4.19. The summed E-state index contributed by atoms with van der Waals surface area (Å²) >= 11 is 0. The Morgan fingerprint density at radius 1 is 1.25 bits per heavy atom. The number of aromatic nitrogens is 3. The van der Waals surface area contributed by atoms with E-state index < -0.39 is 5.82 Å². The molecule has 0 aliphatic carbocycles. The van der Waals surface area contributed by atoms with Crippen LogP contribution in [0.15, 0.2) is 18.2 Å². The third kappa shape index (κ3) is 3.02. The van der Waals surface area contributed by atoms with Crippen LogP contribution in [0.25, 0.3) is 0 Å². The van der Waals surface area contributed by atoms with Crippen LogP contribution in [-0.2, 0) is 0 Å². The molecule has 0 saturated carbocycles. The van der Waals surface area contributed by atoms with E-state index in [9.17, 15) is 4.39 Å². The molecule has 2 rings (SSSR count). The monoisotopic (exact) mass is 278 g/mol. The molecule has 0 saturated heterocycles. The molecule has 7 nitrogen and oxygen atoms in total. The number of nitrogen functional groups attached to an aromatic ring is 1. The number of hydrogen-bond donors (Lipinski definition) is 2. The lowest BCUT2D eigenvalue weighted by atomic mass is 10.3. The van der Waals surface area contributed by atoms with Gasteiger partial charge in [0.15, 0.2) is 11.6 Å². The van der Waals surface area contributed by atoms with Crippen molar-refractivity contribution in [1.29, 1.82) is 0 Å². The summed E-state index contributed by atoms with van der Waals surface area (Å²) in [5.41, 5.74) is 6.20. The normalized spacial score (nSPS) is 10.2. The van der Waals surface area contributed by atoms with Crippen molar-refractivity contribution in [2.45, 2.75) is 0 Å². The number of ether oxygens (including phenoxy) is 1. The van der Waals surface area contributed by atoms with E-state index in [1.165, 1.54) is 19.2 Å². The van der Waals surface area contributed by atoms with Gasteiger partial charge in [-0.3, -0.25) is 0 Å². The molecule has 20 heavy (non-hydrogen) atoms. The zero-order valence-corrected chi connectivity index (χ0v) is 11.4. The fourth-order valence-corrected chi connectivity index (χ4v) is 1.50. The summed E-state index contributed by atoms with van der Waals surface area (Å²) in [5, 5.41) is 2.93. The summed E-state index contributed by atoms with van der Waals surface area (Å²) in [6.07, 6.45) is 0. The number of rotatable bonds is 4. The third-order valence-electron chi connectivity index (χ3n) is 2.45. The lowest BCUT2D eigenvalue weighted by Gasteiger charge is -2.12. The van der Waals surface area contributed by atoms with Crippen molar-refractivity contribution in [2.75, 3.05) is 37.2 Å². The molecule has 8 heteroatoms. The Balaban J connectivity index is 2.30. The molecule has 1 aromatic carbocycles. The van der Waals surface area contributed by atoms with Crippen molar-refractivity contribution >= 4 is 23.5 Å². The maximum atomic E-state index is 13.3. The summed E-state index contributed by atoms with van der Waals surface area (Å²) in [7, 11) is 4.98. The second kappa shape index (κ2) is 5.55. The molecule has 3 N–H and O–H groups in total. The molecule has 1 heterocycles. The maximum absolute atomic E-state index is 13.3. The molecule has 106 valence electrons. The van der Waals surface area contributed by atoms with Crippen LogP contribution >= 0.6 is 0 Å². The van der Waals surface area contributed by atoms with Crippen LogP contribution in [-0.4, -0.2) is 36.2 Å². The minimum Gasteiger partial charge on any atom is -0.494 e. The van der Waals surface area contributed by atoms with Crippen LogP contribution in [0.3, 0.4) is 0 Å². The van der Waals surface area contributed by atoms with Crippen molar-refractivity contribution in [3.05, 3.63) is 24.0 Å². The van der Waals surface area contributed by atoms with E-state index in [2.05, 4.69) is 20.3 Å². The van der Waals surface area contributed by atoms with Crippen LogP contribution < -0.4 is 20.7 Å². The summed E-state index contributed by atoms with van der Waals surface area (Å²) in [4.78, 5) is 13.8. The largest absolute Gasteiger partial charge is 0.494 e. The van der Waals surface area contributed by atoms with E-state index >= 15 is 0 Å². The average molecular weight is 278 g/mol. The predicted molar refractivity (Wildman–Crippen MR) is 74.8 cm³/mol. The zero-order valence-electron chi connectivity index (χ0n) is 11.4. The number of nitrogens with one attached hydrogen (secondary N) is 1. The van der Waals surface area contributed by atoms with Crippen LogP contribution in [0.5, 0.6) is 5.75 Å². The van der Waals surface area contributed by atoms with E-state index in [0.717, 1.165) is 0 Å². The first-order valence-corrected chi connectivity index (χ1v) is 5.79. The number of methoxy groups -OCH3 is 1. The molecular weight excluding hydrogens is 263 g/mol. The Labute approximate surface area is 115 Å². The number of halogens is 1. The molecule has 0 fully saturated rings. The lowest BCUT2D eigenvalue weighted by Crippen LogP contribution is -2.15. The first kappa shape index (κ1) is 13.8. The van der Waals surface area contributed by atoms with Gasteiger partial charge in [0.25, 0.3) is 0 Å². The molecule has 0 radical (unpaired) electrons. The standard InChI is InChI=1S/C12H15FN6O/c1-19(2)12-17-10(14)16-11(18-12)15-7-4-5-8(13)9(6-7)20-3/h4-6H,1-3H3,(H3,14,15,16,17,18). The fraction of sp³-hybridized carbons (Fsp3) is 0.250. The van der Waals surface area contributed by atoms with Crippen molar-refractivity contribution in [2.24, 2.45) is 0 Å². The number of nitrogens with zero attached hydrogens (tertiary/aromatic N) is 4.